The molecule has 0 saturated carbocycles. The molecule has 0 radical (unpaired) electrons. The van der Waals surface area contributed by atoms with Crippen molar-refractivity contribution < 1.29 is 30.0 Å². The summed E-state index contributed by atoms with van der Waals surface area (Å²) < 4.78 is 5.25. The van der Waals surface area contributed by atoms with Crippen LogP contribution in [0.5, 0.6) is 28.7 Å². The molecule has 0 fully saturated rings. The summed E-state index contributed by atoms with van der Waals surface area (Å²) in [6.45, 7) is 0. The lowest BCUT2D eigenvalue weighted by atomic mass is 10.1. The monoisotopic (exact) mass is 286 g/mol. The number of benzene rings is 2. The highest BCUT2D eigenvalue weighted by molar-refractivity contribution is 6.15. The number of phenolic OH excluding ortho intramolecular Hbond substituents is 4. The Kier molecular flexibility index (Phi) is 2.72. The second kappa shape index (κ2) is 4.45. The number of hydrogen-bond donors (Lipinski definition) is 4. The van der Waals surface area contributed by atoms with E-state index in [0.29, 0.717) is 0 Å². The van der Waals surface area contributed by atoms with E-state index in [1.165, 1.54) is 30.3 Å². The molecular formula is C15H10O6. The maximum absolute atomic E-state index is 12.1. The highest BCUT2D eigenvalue weighted by atomic mass is 16.5. The van der Waals surface area contributed by atoms with Crippen molar-refractivity contribution >= 4 is 11.9 Å². The Balaban J connectivity index is 2.05. The van der Waals surface area contributed by atoms with E-state index in [-0.39, 0.29) is 34.1 Å². The van der Waals surface area contributed by atoms with Gasteiger partial charge in [0.15, 0.2) is 17.3 Å². The van der Waals surface area contributed by atoms with Gasteiger partial charge in [-0.3, -0.25) is 4.79 Å². The number of rotatable bonds is 1. The van der Waals surface area contributed by atoms with Gasteiger partial charge < -0.3 is 25.2 Å². The van der Waals surface area contributed by atoms with Gasteiger partial charge in [-0.2, -0.15) is 0 Å². The number of hydrogen-bond acceptors (Lipinski definition) is 6. The van der Waals surface area contributed by atoms with Crippen LogP contribution in [-0.2, 0) is 0 Å². The van der Waals surface area contributed by atoms with Crippen molar-refractivity contribution in [3.63, 3.8) is 0 Å². The first-order valence-electron chi connectivity index (χ1n) is 5.98. The first-order chi connectivity index (χ1) is 9.97. The van der Waals surface area contributed by atoms with E-state index >= 15 is 0 Å². The lowest BCUT2D eigenvalue weighted by Crippen LogP contribution is -1.98. The maximum atomic E-state index is 12.1. The lowest BCUT2D eigenvalue weighted by Gasteiger charge is -2.03. The summed E-state index contributed by atoms with van der Waals surface area (Å²) in [7, 11) is 0. The topological polar surface area (TPSA) is 107 Å². The molecule has 6 heteroatoms. The Morgan fingerprint density at radius 3 is 2.43 bits per heavy atom. The smallest absolute Gasteiger partial charge is 0.232 e. The predicted octanol–water partition coefficient (Wildman–Crippen LogP) is 2.13. The second-order valence-electron chi connectivity index (χ2n) is 4.49. The fourth-order valence-electron chi connectivity index (χ4n) is 2.02. The first-order valence-corrected chi connectivity index (χ1v) is 5.98. The van der Waals surface area contributed by atoms with Crippen LogP contribution in [-0.4, -0.2) is 26.2 Å². The van der Waals surface area contributed by atoms with Crippen molar-refractivity contribution in [1.29, 1.82) is 0 Å². The average molecular weight is 286 g/mol. The molecule has 0 aromatic heterocycles. The van der Waals surface area contributed by atoms with Gasteiger partial charge in [0.2, 0.25) is 11.5 Å². The van der Waals surface area contributed by atoms with Crippen LogP contribution in [0.3, 0.4) is 0 Å². The van der Waals surface area contributed by atoms with E-state index in [1.54, 1.807) is 0 Å². The average Bonchev–Trinajstić information content (AvgIpc) is 2.75. The van der Waals surface area contributed by atoms with Gasteiger partial charge in [0.25, 0.3) is 0 Å². The molecule has 106 valence electrons. The van der Waals surface area contributed by atoms with E-state index < -0.39 is 17.3 Å². The molecule has 0 unspecified atom stereocenters. The van der Waals surface area contributed by atoms with E-state index in [4.69, 9.17) is 4.74 Å². The standard InChI is InChI=1S/C15H10O6/c16-8-2-1-7(11(18)6-8)5-12-13(19)9-3-4-10(17)14(20)15(9)21-12/h1-6,16-18,20H. The van der Waals surface area contributed by atoms with Gasteiger partial charge in [0.1, 0.15) is 11.5 Å². The second-order valence-corrected chi connectivity index (χ2v) is 4.49. The number of allylic oxidation sites excluding steroid dienone is 1. The summed E-state index contributed by atoms with van der Waals surface area (Å²) in [6.07, 6.45) is 1.29. The molecule has 0 spiro atoms. The normalized spacial score (nSPS) is 15.0. The fourth-order valence-corrected chi connectivity index (χ4v) is 2.02. The SMILES string of the molecule is O=C1C(=Cc2ccc(O)cc2O)Oc2c1ccc(O)c2O. The summed E-state index contributed by atoms with van der Waals surface area (Å²) in [6, 6.07) is 6.42. The minimum Gasteiger partial charge on any atom is -0.508 e. The Labute approximate surface area is 118 Å². The van der Waals surface area contributed by atoms with Crippen molar-refractivity contribution in [1.82, 2.24) is 0 Å². The highest BCUT2D eigenvalue weighted by Crippen LogP contribution is 2.44. The number of Topliss-reactive ketones (excluding diaryl/α,β-unsaturated/α-hetero) is 1. The van der Waals surface area contributed by atoms with Gasteiger partial charge in [-0.25, -0.2) is 0 Å². The molecule has 2 aromatic carbocycles. The molecular weight excluding hydrogens is 276 g/mol. The predicted molar refractivity (Wildman–Crippen MR) is 72.5 cm³/mol. The summed E-state index contributed by atoms with van der Waals surface area (Å²) in [5.41, 5.74) is 0.391. The van der Waals surface area contributed by atoms with Crippen molar-refractivity contribution in [2.24, 2.45) is 0 Å². The Morgan fingerprint density at radius 2 is 1.71 bits per heavy atom. The van der Waals surface area contributed by atoms with Crippen LogP contribution in [0.2, 0.25) is 0 Å². The van der Waals surface area contributed by atoms with E-state index in [0.717, 1.165) is 6.07 Å². The summed E-state index contributed by atoms with van der Waals surface area (Å²) in [4.78, 5) is 12.1. The minimum atomic E-state index is -0.515. The van der Waals surface area contributed by atoms with Crippen molar-refractivity contribution in [3.8, 4) is 28.7 Å². The van der Waals surface area contributed by atoms with Gasteiger partial charge in [-0.1, -0.05) is 0 Å². The molecule has 0 atom stereocenters. The summed E-state index contributed by atoms with van der Waals surface area (Å²) in [5, 5.41) is 38.0. The molecule has 0 aliphatic carbocycles. The molecule has 0 saturated heterocycles. The van der Waals surface area contributed by atoms with Crippen LogP contribution in [0.25, 0.3) is 6.08 Å². The van der Waals surface area contributed by atoms with E-state index in [1.807, 2.05) is 0 Å². The van der Waals surface area contributed by atoms with E-state index in [9.17, 15) is 25.2 Å². The molecule has 0 amide bonds. The molecule has 1 aliphatic heterocycles. The number of carbonyl (C=O) groups excluding carboxylic acids is 1. The fraction of sp³-hybridized carbons (Fsp3) is 0. The zero-order valence-electron chi connectivity index (χ0n) is 10.6. The van der Waals surface area contributed by atoms with Crippen LogP contribution in [0.15, 0.2) is 36.1 Å². The number of fused-ring (bicyclic) bond motifs is 1. The number of ketones is 1. The molecule has 4 N–H and O–H groups in total. The summed E-state index contributed by atoms with van der Waals surface area (Å²) >= 11 is 0. The maximum Gasteiger partial charge on any atom is 0.232 e. The number of ether oxygens (including phenoxy) is 1. The third-order valence-corrected chi connectivity index (χ3v) is 3.09. The molecule has 3 rings (SSSR count). The molecule has 2 aromatic rings. The molecule has 0 bridgehead atoms. The van der Waals surface area contributed by atoms with Gasteiger partial charge in [0, 0.05) is 11.6 Å². The zero-order chi connectivity index (χ0) is 15.1. The molecule has 1 heterocycles. The van der Waals surface area contributed by atoms with E-state index in [2.05, 4.69) is 0 Å². The first kappa shape index (κ1) is 12.9. The Bertz CT molecular complexity index is 791. The van der Waals surface area contributed by atoms with Crippen molar-refractivity contribution in [2.75, 3.05) is 0 Å². The third-order valence-electron chi connectivity index (χ3n) is 3.09. The van der Waals surface area contributed by atoms with Crippen LogP contribution >= 0.6 is 0 Å². The van der Waals surface area contributed by atoms with Gasteiger partial charge in [-0.15, -0.1) is 0 Å². The van der Waals surface area contributed by atoms with Crippen LogP contribution < -0.4 is 4.74 Å². The van der Waals surface area contributed by atoms with Gasteiger partial charge in [-0.05, 0) is 30.3 Å². The van der Waals surface area contributed by atoms with Crippen LogP contribution in [0, 0.1) is 0 Å². The highest BCUT2D eigenvalue weighted by Gasteiger charge is 2.31. The van der Waals surface area contributed by atoms with Crippen LogP contribution in [0.4, 0.5) is 0 Å². The molecule has 1 aliphatic rings. The zero-order valence-corrected chi connectivity index (χ0v) is 10.6. The minimum absolute atomic E-state index is 0.105. The summed E-state index contributed by atoms with van der Waals surface area (Å²) in [5.74, 6) is -1.94. The van der Waals surface area contributed by atoms with Crippen molar-refractivity contribution in [3.05, 3.63) is 47.2 Å². The molecule has 6 nitrogen and oxygen atoms in total. The number of phenols is 4. The number of carbonyl (C=O) groups is 1. The molecule has 21 heavy (non-hydrogen) atoms. The number of aromatic hydroxyl groups is 4. The van der Waals surface area contributed by atoms with Crippen molar-refractivity contribution in [2.45, 2.75) is 0 Å². The van der Waals surface area contributed by atoms with Gasteiger partial charge >= 0.3 is 0 Å². The third kappa shape index (κ3) is 2.02. The van der Waals surface area contributed by atoms with Crippen LogP contribution in [0.1, 0.15) is 15.9 Å². The Hall–Kier alpha value is -3.15. The largest absolute Gasteiger partial charge is 0.508 e. The quantitative estimate of drug-likeness (QED) is 0.472. The lowest BCUT2D eigenvalue weighted by molar-refractivity contribution is 0.101. The van der Waals surface area contributed by atoms with Gasteiger partial charge in [0.05, 0.1) is 5.56 Å². The Morgan fingerprint density at radius 1 is 0.952 bits per heavy atom.